The first-order valence-electron chi connectivity index (χ1n) is 8.76. The van der Waals surface area contributed by atoms with Crippen molar-refractivity contribution in [1.82, 2.24) is 10.1 Å². The van der Waals surface area contributed by atoms with Gasteiger partial charge in [-0.1, -0.05) is 62.3 Å². The molecule has 1 heterocycles. The van der Waals surface area contributed by atoms with Gasteiger partial charge in [0.05, 0.1) is 7.11 Å². The molecule has 3 aromatic rings. The Hall–Kier alpha value is -2.47. The van der Waals surface area contributed by atoms with Gasteiger partial charge in [0.15, 0.2) is 0 Å². The van der Waals surface area contributed by atoms with Gasteiger partial charge in [0.1, 0.15) is 11.5 Å². The molecule has 1 aromatic heterocycles. The minimum Gasteiger partial charge on any atom is -0.497 e. The van der Waals surface area contributed by atoms with Crippen LogP contribution in [0.1, 0.15) is 37.8 Å². The van der Waals surface area contributed by atoms with E-state index < -0.39 is 10.8 Å². The van der Waals surface area contributed by atoms with Gasteiger partial charge < -0.3 is 9.26 Å². The average Bonchev–Trinajstić information content (AvgIpc) is 3.10. The van der Waals surface area contributed by atoms with E-state index in [2.05, 4.69) is 43.0 Å². The topological polar surface area (TPSA) is 65.2 Å². The van der Waals surface area contributed by atoms with Crippen LogP contribution in [0.4, 0.5) is 0 Å². The predicted octanol–water partition coefficient (Wildman–Crippen LogP) is 4.49. The summed E-state index contributed by atoms with van der Waals surface area (Å²) in [6.45, 7) is 6.53. The lowest BCUT2D eigenvalue weighted by molar-refractivity contribution is 0.390. The van der Waals surface area contributed by atoms with E-state index in [1.54, 1.807) is 7.11 Å². The lowest BCUT2D eigenvalue weighted by atomic mass is 9.87. The van der Waals surface area contributed by atoms with Crippen LogP contribution in [-0.2, 0) is 27.7 Å². The third kappa shape index (κ3) is 5.04. The molecule has 3 rings (SSSR count). The lowest BCUT2D eigenvalue weighted by Gasteiger charge is -2.19. The van der Waals surface area contributed by atoms with Crippen LogP contribution in [0.15, 0.2) is 53.1 Å². The first kappa shape index (κ1) is 19.3. The van der Waals surface area contributed by atoms with Crippen molar-refractivity contribution >= 4 is 10.8 Å². The van der Waals surface area contributed by atoms with Crippen molar-refractivity contribution in [2.45, 2.75) is 37.7 Å². The Morgan fingerprint density at radius 2 is 1.81 bits per heavy atom. The van der Waals surface area contributed by atoms with E-state index in [4.69, 9.17) is 9.26 Å². The molecule has 0 aliphatic rings. The van der Waals surface area contributed by atoms with Gasteiger partial charge in [-0.2, -0.15) is 4.98 Å². The maximum absolute atomic E-state index is 12.5. The van der Waals surface area contributed by atoms with Gasteiger partial charge in [0.25, 0.3) is 0 Å². The molecule has 0 radical (unpaired) electrons. The van der Waals surface area contributed by atoms with Crippen molar-refractivity contribution in [1.29, 1.82) is 0 Å². The fraction of sp³-hybridized carbons (Fsp3) is 0.333. The molecular weight excluding hydrogens is 360 g/mol. The molecule has 0 saturated carbocycles. The second-order valence-corrected chi connectivity index (χ2v) is 8.88. The van der Waals surface area contributed by atoms with Crippen LogP contribution >= 0.6 is 0 Å². The highest BCUT2D eigenvalue weighted by atomic mass is 32.2. The van der Waals surface area contributed by atoms with E-state index in [1.165, 1.54) is 5.56 Å². The largest absolute Gasteiger partial charge is 0.497 e. The van der Waals surface area contributed by atoms with E-state index in [1.807, 2.05) is 36.4 Å². The van der Waals surface area contributed by atoms with Crippen LogP contribution in [0.25, 0.3) is 11.4 Å². The number of ether oxygens (including phenoxy) is 1. The molecule has 0 saturated heterocycles. The highest BCUT2D eigenvalue weighted by Crippen LogP contribution is 2.23. The number of hydrogen-bond donors (Lipinski definition) is 0. The molecule has 6 heteroatoms. The fourth-order valence-corrected chi connectivity index (χ4v) is 3.73. The SMILES string of the molecule is COc1cccc(-c2noc(C[S@](=O)Cc3ccc(C(C)(C)C)cc3)n2)c1. The van der Waals surface area contributed by atoms with Crippen LogP contribution < -0.4 is 4.74 Å². The molecule has 5 nitrogen and oxygen atoms in total. The number of methoxy groups -OCH3 is 1. The smallest absolute Gasteiger partial charge is 0.239 e. The number of hydrogen-bond acceptors (Lipinski definition) is 5. The molecule has 0 amide bonds. The van der Waals surface area contributed by atoms with Crippen molar-refractivity contribution in [3.8, 4) is 17.1 Å². The zero-order valence-electron chi connectivity index (χ0n) is 16.1. The lowest BCUT2D eigenvalue weighted by Crippen LogP contribution is -2.10. The molecule has 142 valence electrons. The Balaban J connectivity index is 1.64. The normalized spacial score (nSPS) is 12.7. The van der Waals surface area contributed by atoms with E-state index in [0.29, 0.717) is 17.5 Å². The van der Waals surface area contributed by atoms with Gasteiger partial charge in [-0.15, -0.1) is 0 Å². The minimum atomic E-state index is -1.12. The highest BCUT2D eigenvalue weighted by molar-refractivity contribution is 7.83. The number of benzene rings is 2. The average molecular weight is 385 g/mol. The van der Waals surface area contributed by atoms with E-state index in [-0.39, 0.29) is 11.2 Å². The maximum atomic E-state index is 12.5. The summed E-state index contributed by atoms with van der Waals surface area (Å²) in [6.07, 6.45) is 0. The number of aromatic nitrogens is 2. The standard InChI is InChI=1S/C21H24N2O3S/c1-21(2,3)17-10-8-15(9-11-17)13-27(24)14-19-22-20(23-26-19)16-6-5-7-18(12-16)25-4/h5-12H,13-14H2,1-4H3/t27-/m1/s1. The summed E-state index contributed by atoms with van der Waals surface area (Å²) in [7, 11) is 0.489. The third-order valence-corrected chi connectivity index (χ3v) is 5.45. The van der Waals surface area contributed by atoms with Crippen LogP contribution in [0.5, 0.6) is 5.75 Å². The zero-order chi connectivity index (χ0) is 19.4. The van der Waals surface area contributed by atoms with Crippen LogP contribution in [-0.4, -0.2) is 21.5 Å². The summed E-state index contributed by atoms with van der Waals surface area (Å²) < 4.78 is 23.0. The Morgan fingerprint density at radius 1 is 1.07 bits per heavy atom. The molecule has 0 unspecified atom stereocenters. The quantitative estimate of drug-likeness (QED) is 0.626. The summed E-state index contributed by atoms with van der Waals surface area (Å²) in [6, 6.07) is 15.7. The summed E-state index contributed by atoms with van der Waals surface area (Å²) in [4.78, 5) is 4.36. The summed E-state index contributed by atoms with van der Waals surface area (Å²) in [5, 5.41) is 3.98. The van der Waals surface area contributed by atoms with Crippen LogP contribution in [0, 0.1) is 0 Å². The molecule has 0 N–H and O–H groups in total. The number of nitrogens with zero attached hydrogens (tertiary/aromatic N) is 2. The molecule has 0 bridgehead atoms. The summed E-state index contributed by atoms with van der Waals surface area (Å²) in [5.74, 6) is 2.26. The summed E-state index contributed by atoms with van der Waals surface area (Å²) in [5.41, 5.74) is 3.21. The summed E-state index contributed by atoms with van der Waals surface area (Å²) >= 11 is 0. The predicted molar refractivity (Wildman–Crippen MR) is 107 cm³/mol. The van der Waals surface area contributed by atoms with E-state index in [0.717, 1.165) is 16.9 Å². The second kappa shape index (κ2) is 8.05. The van der Waals surface area contributed by atoms with Crippen molar-refractivity contribution in [3.05, 3.63) is 65.5 Å². The molecular formula is C21H24N2O3S. The van der Waals surface area contributed by atoms with Crippen molar-refractivity contribution in [3.63, 3.8) is 0 Å². The van der Waals surface area contributed by atoms with Gasteiger partial charge in [-0.3, -0.25) is 4.21 Å². The van der Waals surface area contributed by atoms with Crippen molar-refractivity contribution in [2.24, 2.45) is 0 Å². The maximum Gasteiger partial charge on any atom is 0.239 e. The Bertz CT molecular complexity index is 927. The molecule has 0 aliphatic carbocycles. The van der Waals surface area contributed by atoms with Crippen LogP contribution in [0.3, 0.4) is 0 Å². The van der Waals surface area contributed by atoms with Crippen molar-refractivity contribution in [2.75, 3.05) is 7.11 Å². The molecule has 27 heavy (non-hydrogen) atoms. The first-order valence-corrected chi connectivity index (χ1v) is 10.3. The van der Waals surface area contributed by atoms with Crippen LogP contribution in [0.2, 0.25) is 0 Å². The Kier molecular flexibility index (Phi) is 5.75. The van der Waals surface area contributed by atoms with Gasteiger partial charge in [-0.05, 0) is 28.7 Å². The molecule has 0 aliphatic heterocycles. The monoisotopic (exact) mass is 384 g/mol. The molecule has 0 fully saturated rings. The minimum absolute atomic E-state index is 0.109. The third-order valence-electron chi connectivity index (χ3n) is 4.23. The highest BCUT2D eigenvalue weighted by Gasteiger charge is 2.15. The first-order chi connectivity index (χ1) is 12.8. The molecule has 1 atom stereocenters. The molecule has 0 spiro atoms. The zero-order valence-corrected chi connectivity index (χ0v) is 16.9. The van der Waals surface area contributed by atoms with Crippen molar-refractivity contribution < 1.29 is 13.5 Å². The second-order valence-electron chi connectivity index (χ2n) is 7.42. The van der Waals surface area contributed by atoms with Gasteiger partial charge in [-0.25, -0.2) is 0 Å². The Morgan fingerprint density at radius 3 is 2.48 bits per heavy atom. The van der Waals surface area contributed by atoms with Gasteiger partial charge in [0.2, 0.25) is 11.7 Å². The number of rotatable bonds is 6. The fourth-order valence-electron chi connectivity index (χ4n) is 2.67. The van der Waals surface area contributed by atoms with E-state index >= 15 is 0 Å². The van der Waals surface area contributed by atoms with Gasteiger partial charge >= 0.3 is 0 Å². The van der Waals surface area contributed by atoms with Gasteiger partial charge in [0, 0.05) is 22.1 Å². The van der Waals surface area contributed by atoms with E-state index in [9.17, 15) is 4.21 Å². The molecule has 2 aromatic carbocycles. The Labute approximate surface area is 162 Å².